The van der Waals surface area contributed by atoms with Crippen molar-refractivity contribution in [2.24, 2.45) is 0 Å². The molecule has 0 heterocycles. The third-order valence-electron chi connectivity index (χ3n) is 0. The predicted molar refractivity (Wildman–Crippen MR) is 51.8 cm³/mol. The Morgan fingerprint density at radius 3 is 0.364 bits per heavy atom. The fraction of sp³-hybridized carbons (Fsp3) is 0. The summed E-state index contributed by atoms with van der Waals surface area (Å²) in [6.45, 7) is 0. The van der Waals surface area contributed by atoms with Crippen molar-refractivity contribution in [3.05, 3.63) is 76.6 Å². The van der Waals surface area contributed by atoms with Crippen LogP contribution in [0.5, 0.6) is 0 Å². The van der Waals surface area contributed by atoms with Gasteiger partial charge in [-0.2, -0.15) is 0 Å². The van der Waals surface area contributed by atoms with Gasteiger partial charge in [0.1, 0.15) is 0 Å². The van der Waals surface area contributed by atoms with Gasteiger partial charge in [-0.25, -0.2) is 0 Å². The van der Waals surface area contributed by atoms with Gasteiger partial charge in [0.05, 0.1) is 25.4 Å². The van der Waals surface area contributed by atoms with Gasteiger partial charge in [0.2, 0.25) is 0 Å². The second kappa shape index (κ2) is 36.2. The molecular formula is AuN5NiO15. The number of hydrogen-bond donors (Lipinski definition) is 0. The topological polar surface area (TPSA) is 331 Å². The van der Waals surface area contributed by atoms with Crippen molar-refractivity contribution in [3.8, 4) is 0 Å². The normalized spacial score (nSPS) is 5.45. The van der Waals surface area contributed by atoms with Crippen molar-refractivity contribution >= 4 is 0 Å². The van der Waals surface area contributed by atoms with Crippen molar-refractivity contribution < 1.29 is 64.3 Å². The van der Waals surface area contributed by atoms with E-state index in [1.807, 2.05) is 0 Å². The molecule has 0 saturated carbocycles. The molecule has 22 heavy (non-hydrogen) atoms. The first-order valence-corrected chi connectivity index (χ1v) is 2.74. The van der Waals surface area contributed by atoms with E-state index >= 15 is 0 Å². The Morgan fingerprint density at radius 2 is 0.364 bits per heavy atom. The standard InChI is InChI=1S/Au.5NO3.Ni/c;5*2-1(3)4;/q+3;5*-1;+2. The van der Waals surface area contributed by atoms with Crippen molar-refractivity contribution in [2.45, 2.75) is 0 Å². The molecule has 0 radical (unpaired) electrons. The van der Waals surface area contributed by atoms with E-state index in [0.717, 1.165) is 0 Å². The van der Waals surface area contributed by atoms with E-state index in [2.05, 4.69) is 0 Å². The van der Waals surface area contributed by atoms with Gasteiger partial charge in [-0.1, -0.05) is 0 Å². The van der Waals surface area contributed by atoms with Crippen LogP contribution < -0.4 is 0 Å². The van der Waals surface area contributed by atoms with Crippen LogP contribution in [0.15, 0.2) is 0 Å². The summed E-state index contributed by atoms with van der Waals surface area (Å²) in [5, 5.41) is 73.8. The minimum absolute atomic E-state index is 0. The van der Waals surface area contributed by atoms with Gasteiger partial charge in [-0.15, -0.1) is 0 Å². The molecule has 0 bridgehead atoms. The predicted octanol–water partition coefficient (Wildman–Crippen LogP) is -1.20. The fourth-order valence-electron chi connectivity index (χ4n) is 0. The third-order valence-corrected chi connectivity index (χ3v) is 0. The Labute approximate surface area is 141 Å². The van der Waals surface area contributed by atoms with Crippen molar-refractivity contribution in [2.75, 3.05) is 0 Å². The van der Waals surface area contributed by atoms with Gasteiger partial charge in [0.25, 0.3) is 0 Å². The van der Waals surface area contributed by atoms with Crippen LogP contribution >= 0.6 is 0 Å². The molecule has 0 atom stereocenters. The molecule has 0 fully saturated rings. The van der Waals surface area contributed by atoms with E-state index in [9.17, 15) is 0 Å². The monoisotopic (exact) mass is 565 g/mol. The molecule has 0 saturated heterocycles. The van der Waals surface area contributed by atoms with Gasteiger partial charge in [0.15, 0.2) is 0 Å². The van der Waals surface area contributed by atoms with E-state index in [0.29, 0.717) is 0 Å². The molecule has 20 nitrogen and oxygen atoms in total. The average Bonchev–Trinajstić information content (AvgIpc) is 1.94. The molecule has 0 unspecified atom stereocenters. The SMILES string of the molecule is O=[N+]([O-])[O-].O=[N+]([O-])[O-].O=[N+]([O-])[O-].O=[N+]([O-])[O-].O=[N+]([O-])[O-].[Au+3].[Ni+2]. The van der Waals surface area contributed by atoms with Gasteiger partial charge in [0, 0.05) is 0 Å². The number of rotatable bonds is 0. The van der Waals surface area contributed by atoms with Crippen LogP contribution in [0.2, 0.25) is 0 Å². The Hall–Kier alpha value is -2.77. The second-order valence-corrected chi connectivity index (χ2v) is 1.12. The quantitative estimate of drug-likeness (QED) is 0.189. The molecule has 136 valence electrons. The summed E-state index contributed by atoms with van der Waals surface area (Å²) >= 11 is 0. The minimum Gasteiger partial charge on any atom is -0.356 e. The van der Waals surface area contributed by atoms with Crippen LogP contribution in [0, 0.1) is 76.6 Å². The van der Waals surface area contributed by atoms with E-state index in [4.69, 9.17) is 76.6 Å². The molecule has 0 aliphatic carbocycles. The molecule has 0 amide bonds. The van der Waals surface area contributed by atoms with Crippen molar-refractivity contribution in [3.63, 3.8) is 0 Å². The van der Waals surface area contributed by atoms with Crippen LogP contribution in [0.3, 0.4) is 0 Å². The number of nitrogens with zero attached hydrogens (tertiary/aromatic N) is 5. The summed E-state index contributed by atoms with van der Waals surface area (Å²) in [6, 6.07) is 0. The first-order chi connectivity index (χ1) is 8.66. The van der Waals surface area contributed by atoms with Gasteiger partial charge < -0.3 is 76.6 Å². The van der Waals surface area contributed by atoms with E-state index in [1.165, 1.54) is 0 Å². The summed E-state index contributed by atoms with van der Waals surface area (Å²) in [5.41, 5.74) is 0. The minimum atomic E-state index is -1.75. The molecule has 0 spiro atoms. The summed E-state index contributed by atoms with van der Waals surface area (Å²) < 4.78 is 0. The molecule has 0 N–H and O–H groups in total. The molecule has 22 heteroatoms. The summed E-state index contributed by atoms with van der Waals surface area (Å²) in [5.74, 6) is 0. The Kier molecular flexibility index (Phi) is 70.3. The largest absolute Gasteiger partial charge is 3.00 e. The molecule has 0 rings (SSSR count). The van der Waals surface area contributed by atoms with Crippen molar-refractivity contribution in [1.82, 2.24) is 0 Å². The van der Waals surface area contributed by atoms with Gasteiger partial charge >= 0.3 is 38.9 Å². The zero-order valence-electron chi connectivity index (χ0n) is 8.98. The first-order valence-electron chi connectivity index (χ1n) is 2.74. The maximum atomic E-state index is 8.25. The van der Waals surface area contributed by atoms with Crippen LogP contribution in [-0.4, -0.2) is 25.4 Å². The third kappa shape index (κ3) is 594. The Bertz CT molecular complexity index is 213. The first kappa shape index (κ1) is 42.7. The average molecular weight is 566 g/mol. The molecule has 0 aliphatic heterocycles. The zero-order valence-corrected chi connectivity index (χ0v) is 12.1. The van der Waals surface area contributed by atoms with E-state index in [1.54, 1.807) is 0 Å². The van der Waals surface area contributed by atoms with Gasteiger partial charge in [-0.3, -0.25) is 0 Å². The summed E-state index contributed by atoms with van der Waals surface area (Å²) in [7, 11) is 0. The summed E-state index contributed by atoms with van der Waals surface area (Å²) in [4.78, 5) is 41.2. The number of hydrogen-bond acceptors (Lipinski definition) is 15. The fourth-order valence-corrected chi connectivity index (χ4v) is 0. The summed E-state index contributed by atoms with van der Waals surface area (Å²) in [6.07, 6.45) is 0. The molecule has 0 aromatic rings. The van der Waals surface area contributed by atoms with Crippen LogP contribution in [-0.2, 0) is 38.9 Å². The molecule has 0 aliphatic rings. The maximum Gasteiger partial charge on any atom is 3.00 e. The smallest absolute Gasteiger partial charge is 0.356 e. The van der Waals surface area contributed by atoms with Crippen LogP contribution in [0.25, 0.3) is 0 Å². The zero-order chi connectivity index (χ0) is 17.9. The van der Waals surface area contributed by atoms with Crippen molar-refractivity contribution in [1.29, 1.82) is 0 Å². The van der Waals surface area contributed by atoms with Crippen LogP contribution in [0.1, 0.15) is 0 Å². The van der Waals surface area contributed by atoms with E-state index in [-0.39, 0.29) is 38.9 Å². The molecule has 0 aromatic carbocycles. The molecule has 0 aromatic heterocycles. The Morgan fingerprint density at radius 1 is 0.364 bits per heavy atom. The van der Waals surface area contributed by atoms with Crippen LogP contribution in [0.4, 0.5) is 0 Å². The Balaban J connectivity index is -0.0000000250. The molecular weight excluding hydrogens is 566 g/mol. The van der Waals surface area contributed by atoms with E-state index < -0.39 is 25.4 Å². The van der Waals surface area contributed by atoms with Gasteiger partial charge in [-0.05, 0) is 0 Å². The maximum absolute atomic E-state index is 8.25. The second-order valence-electron chi connectivity index (χ2n) is 1.12.